The van der Waals surface area contributed by atoms with Crippen molar-refractivity contribution in [3.05, 3.63) is 76.3 Å². The van der Waals surface area contributed by atoms with Gasteiger partial charge in [0.25, 0.3) is 5.91 Å². The highest BCUT2D eigenvalue weighted by Crippen LogP contribution is 2.25. The molecule has 120 valence electrons. The van der Waals surface area contributed by atoms with Gasteiger partial charge in [0.15, 0.2) is 5.76 Å². The highest BCUT2D eigenvalue weighted by Gasteiger charge is 2.24. The average molecular weight is 321 g/mol. The molecule has 1 aromatic heterocycles. The Morgan fingerprint density at radius 3 is 2.75 bits per heavy atom. The first kappa shape index (κ1) is 14.7. The monoisotopic (exact) mass is 321 g/mol. The lowest BCUT2D eigenvalue weighted by atomic mass is 10.1. The molecule has 0 fully saturated rings. The molecule has 1 amide bonds. The van der Waals surface area contributed by atoms with Crippen LogP contribution >= 0.6 is 0 Å². The van der Waals surface area contributed by atoms with Gasteiger partial charge in [-0.3, -0.25) is 4.79 Å². The molecule has 3 aromatic rings. The first-order valence-electron chi connectivity index (χ1n) is 7.74. The highest BCUT2D eigenvalue weighted by atomic mass is 16.5. The van der Waals surface area contributed by atoms with Crippen LogP contribution < -0.4 is 10.5 Å². The smallest absolute Gasteiger partial charge is 0.344 e. The molecule has 5 heteroatoms. The topological polar surface area (TPSA) is 59.8 Å². The van der Waals surface area contributed by atoms with Crippen LogP contribution in [-0.4, -0.2) is 19.1 Å². The lowest BCUT2D eigenvalue weighted by Gasteiger charge is -2.21. The number of rotatable bonds is 1. The van der Waals surface area contributed by atoms with Gasteiger partial charge in [-0.1, -0.05) is 36.4 Å². The fraction of sp³-hybridized carbons (Fsp3) is 0.158. The summed E-state index contributed by atoms with van der Waals surface area (Å²) in [4.78, 5) is 26.7. The normalized spacial score (nSPS) is 14.2. The van der Waals surface area contributed by atoms with E-state index in [4.69, 9.17) is 9.15 Å². The second-order valence-corrected chi connectivity index (χ2v) is 5.62. The van der Waals surface area contributed by atoms with Crippen molar-refractivity contribution in [2.45, 2.75) is 6.61 Å². The van der Waals surface area contributed by atoms with Gasteiger partial charge >= 0.3 is 5.63 Å². The quantitative estimate of drug-likeness (QED) is 0.691. The summed E-state index contributed by atoms with van der Waals surface area (Å²) < 4.78 is 10.8. The van der Waals surface area contributed by atoms with E-state index >= 15 is 0 Å². The molecule has 0 N–H and O–H groups in total. The van der Waals surface area contributed by atoms with E-state index in [1.54, 1.807) is 29.2 Å². The highest BCUT2D eigenvalue weighted by molar-refractivity contribution is 6.06. The van der Waals surface area contributed by atoms with Gasteiger partial charge in [-0.05, 0) is 23.6 Å². The van der Waals surface area contributed by atoms with Gasteiger partial charge in [-0.25, -0.2) is 4.79 Å². The van der Waals surface area contributed by atoms with E-state index in [0.717, 1.165) is 11.3 Å². The second-order valence-electron chi connectivity index (χ2n) is 5.62. The van der Waals surface area contributed by atoms with Crippen molar-refractivity contribution in [2.24, 2.45) is 0 Å². The summed E-state index contributed by atoms with van der Waals surface area (Å²) in [5.74, 6) is -0.300. The fourth-order valence-corrected chi connectivity index (χ4v) is 2.94. The predicted octanol–water partition coefficient (Wildman–Crippen LogP) is 2.97. The van der Waals surface area contributed by atoms with Gasteiger partial charge < -0.3 is 14.1 Å². The molecule has 5 nitrogen and oxygen atoms in total. The van der Waals surface area contributed by atoms with Crippen LogP contribution in [0.2, 0.25) is 0 Å². The number of carbonyl (C=O) groups is 1. The summed E-state index contributed by atoms with van der Waals surface area (Å²) in [6.45, 7) is 1.30. The first-order chi connectivity index (χ1) is 11.7. The number of amides is 1. The van der Waals surface area contributed by atoms with Crippen LogP contribution in [0.25, 0.3) is 10.8 Å². The van der Waals surface area contributed by atoms with E-state index in [0.29, 0.717) is 30.5 Å². The fourth-order valence-electron chi connectivity index (χ4n) is 2.94. The SMILES string of the molecule is O=C(c1cc2ccccc2c(=O)o1)N1CCOCc2ccccc21. The molecule has 4 rings (SSSR count). The Morgan fingerprint density at radius 2 is 1.83 bits per heavy atom. The molecule has 0 saturated carbocycles. The number of benzene rings is 2. The van der Waals surface area contributed by atoms with Crippen LogP contribution in [-0.2, 0) is 11.3 Å². The number of carbonyl (C=O) groups excluding carboxylic acids is 1. The molecule has 0 radical (unpaired) electrons. The third-order valence-corrected chi connectivity index (χ3v) is 4.13. The Bertz CT molecular complexity index is 976. The number of hydrogen-bond acceptors (Lipinski definition) is 4. The van der Waals surface area contributed by atoms with E-state index in [-0.39, 0.29) is 11.7 Å². The van der Waals surface area contributed by atoms with Gasteiger partial charge in [0.05, 0.1) is 18.6 Å². The third-order valence-electron chi connectivity index (χ3n) is 4.13. The maximum absolute atomic E-state index is 12.9. The number of hydrogen-bond donors (Lipinski definition) is 0. The summed E-state index contributed by atoms with van der Waals surface area (Å²) in [7, 11) is 0. The predicted molar refractivity (Wildman–Crippen MR) is 90.3 cm³/mol. The summed E-state index contributed by atoms with van der Waals surface area (Å²) in [6, 6.07) is 16.3. The van der Waals surface area contributed by atoms with E-state index in [1.807, 2.05) is 30.3 Å². The molecule has 24 heavy (non-hydrogen) atoms. The third kappa shape index (κ3) is 2.49. The average Bonchev–Trinajstić information content (AvgIpc) is 2.83. The molecule has 1 aliphatic rings. The molecule has 0 spiro atoms. The summed E-state index contributed by atoms with van der Waals surface area (Å²) >= 11 is 0. The van der Waals surface area contributed by atoms with Crippen molar-refractivity contribution in [1.82, 2.24) is 0 Å². The number of nitrogens with zero attached hydrogens (tertiary/aromatic N) is 1. The van der Waals surface area contributed by atoms with Crippen molar-refractivity contribution in [3.63, 3.8) is 0 Å². The molecule has 0 unspecified atom stereocenters. The zero-order valence-corrected chi connectivity index (χ0v) is 12.9. The maximum Gasteiger partial charge on any atom is 0.344 e. The minimum absolute atomic E-state index is 0.0374. The van der Waals surface area contributed by atoms with E-state index in [9.17, 15) is 9.59 Å². The Kier molecular flexibility index (Phi) is 3.63. The molecule has 2 heterocycles. The summed E-state index contributed by atoms with van der Waals surface area (Å²) in [5, 5.41) is 1.16. The Balaban J connectivity index is 1.80. The second kappa shape index (κ2) is 5.94. The molecule has 0 bridgehead atoms. The van der Waals surface area contributed by atoms with Crippen molar-refractivity contribution >= 4 is 22.4 Å². The number of ether oxygens (including phenoxy) is 1. The molecule has 0 saturated heterocycles. The molecule has 0 atom stereocenters. The lowest BCUT2D eigenvalue weighted by molar-refractivity contribution is 0.0936. The van der Waals surface area contributed by atoms with Gasteiger partial charge in [0.1, 0.15) is 0 Å². The molecule has 1 aliphatic heterocycles. The van der Waals surface area contributed by atoms with Crippen LogP contribution in [0.15, 0.2) is 63.8 Å². The van der Waals surface area contributed by atoms with Crippen LogP contribution in [0.3, 0.4) is 0 Å². The van der Waals surface area contributed by atoms with Crippen LogP contribution in [0.1, 0.15) is 16.1 Å². The van der Waals surface area contributed by atoms with E-state index in [2.05, 4.69) is 0 Å². The Labute approximate surface area is 138 Å². The maximum atomic E-state index is 12.9. The summed E-state index contributed by atoms with van der Waals surface area (Å²) in [5.41, 5.74) is 1.22. The van der Waals surface area contributed by atoms with Gasteiger partial charge in [-0.2, -0.15) is 0 Å². The van der Waals surface area contributed by atoms with Crippen LogP contribution in [0.5, 0.6) is 0 Å². The van der Waals surface area contributed by atoms with E-state index in [1.165, 1.54) is 0 Å². The molecule has 2 aromatic carbocycles. The number of para-hydroxylation sites is 1. The van der Waals surface area contributed by atoms with Gasteiger partial charge in [0.2, 0.25) is 0 Å². The number of fused-ring (bicyclic) bond motifs is 2. The van der Waals surface area contributed by atoms with Crippen LogP contribution in [0, 0.1) is 0 Å². The van der Waals surface area contributed by atoms with Crippen LogP contribution in [0.4, 0.5) is 5.69 Å². The van der Waals surface area contributed by atoms with Crippen molar-refractivity contribution < 1.29 is 13.9 Å². The van der Waals surface area contributed by atoms with E-state index < -0.39 is 5.63 Å². The Hall–Kier alpha value is -2.92. The first-order valence-corrected chi connectivity index (χ1v) is 7.74. The van der Waals surface area contributed by atoms with Crippen molar-refractivity contribution in [2.75, 3.05) is 18.1 Å². The largest absolute Gasteiger partial charge is 0.417 e. The van der Waals surface area contributed by atoms with Gasteiger partial charge in [0, 0.05) is 17.8 Å². The standard InChI is InChI=1S/C19H15NO4/c21-18(17-11-13-5-1-3-7-15(13)19(22)24-17)20-9-10-23-12-14-6-2-4-8-16(14)20/h1-8,11H,9-10,12H2. The summed E-state index contributed by atoms with van der Waals surface area (Å²) in [6.07, 6.45) is 0. The molecule has 0 aliphatic carbocycles. The zero-order valence-electron chi connectivity index (χ0n) is 12.9. The minimum atomic E-state index is -0.504. The minimum Gasteiger partial charge on any atom is -0.417 e. The van der Waals surface area contributed by atoms with Crippen molar-refractivity contribution in [1.29, 1.82) is 0 Å². The Morgan fingerprint density at radius 1 is 1.04 bits per heavy atom. The van der Waals surface area contributed by atoms with Crippen molar-refractivity contribution in [3.8, 4) is 0 Å². The number of anilines is 1. The molecular weight excluding hydrogens is 306 g/mol. The molecular formula is C19H15NO4. The zero-order chi connectivity index (χ0) is 16.5. The van der Waals surface area contributed by atoms with Gasteiger partial charge in [-0.15, -0.1) is 0 Å². The lowest BCUT2D eigenvalue weighted by Crippen LogP contribution is -2.33.